The Bertz CT molecular complexity index is 1150. The Morgan fingerprint density at radius 1 is 0.917 bits per heavy atom. The van der Waals surface area contributed by atoms with Crippen molar-refractivity contribution in [3.8, 4) is 11.5 Å². The summed E-state index contributed by atoms with van der Waals surface area (Å²) >= 11 is 0. The number of amides is 2. The lowest BCUT2D eigenvalue weighted by Crippen LogP contribution is -2.36. The molecule has 0 spiro atoms. The van der Waals surface area contributed by atoms with Crippen molar-refractivity contribution < 1.29 is 33.0 Å². The molecule has 0 aromatic heterocycles. The third kappa shape index (κ3) is 8.52. The maximum absolute atomic E-state index is 12.8. The number of hydrogen-bond acceptors (Lipinski definition) is 5. The molecule has 0 radical (unpaired) electrons. The van der Waals surface area contributed by atoms with Gasteiger partial charge in [0.2, 0.25) is 0 Å². The van der Waals surface area contributed by atoms with E-state index >= 15 is 0 Å². The summed E-state index contributed by atoms with van der Waals surface area (Å²) in [5, 5.41) is 14.0. The van der Waals surface area contributed by atoms with E-state index in [1.54, 1.807) is 24.3 Å². The molecule has 7 nitrogen and oxygen atoms in total. The van der Waals surface area contributed by atoms with E-state index in [1.165, 1.54) is 30.3 Å². The molecule has 0 aliphatic carbocycles. The van der Waals surface area contributed by atoms with Gasteiger partial charge in [-0.05, 0) is 53.6 Å². The van der Waals surface area contributed by atoms with E-state index in [1.807, 2.05) is 30.3 Å². The number of alkyl halides is 2. The molecule has 36 heavy (non-hydrogen) atoms. The Morgan fingerprint density at radius 3 is 2.22 bits per heavy atom. The van der Waals surface area contributed by atoms with Crippen LogP contribution in [0, 0.1) is 0 Å². The highest BCUT2D eigenvalue weighted by molar-refractivity contribution is 6.05. The van der Waals surface area contributed by atoms with Gasteiger partial charge in [-0.2, -0.15) is 8.78 Å². The molecule has 2 amide bonds. The van der Waals surface area contributed by atoms with Gasteiger partial charge in [-0.25, -0.2) is 0 Å². The summed E-state index contributed by atoms with van der Waals surface area (Å²) in [6, 6.07) is 22.0. The minimum absolute atomic E-state index is 0.0117. The SMILES string of the molecule is O=C(NCCO)C(=Cc1ccc(OC(F)F)cc1)NC(=O)c1ccc(OCCc2ccccc2)cc1. The first-order valence-electron chi connectivity index (χ1n) is 11.2. The maximum atomic E-state index is 12.8. The Labute approximate surface area is 207 Å². The highest BCUT2D eigenvalue weighted by Crippen LogP contribution is 2.17. The van der Waals surface area contributed by atoms with Gasteiger partial charge in [-0.3, -0.25) is 9.59 Å². The van der Waals surface area contributed by atoms with Crippen LogP contribution in [0.5, 0.6) is 11.5 Å². The molecule has 0 bridgehead atoms. The van der Waals surface area contributed by atoms with Gasteiger partial charge in [-0.15, -0.1) is 0 Å². The molecule has 0 saturated heterocycles. The number of hydrogen-bond donors (Lipinski definition) is 3. The third-order valence-corrected chi connectivity index (χ3v) is 4.93. The number of rotatable bonds is 12. The number of benzene rings is 3. The number of carbonyl (C=O) groups excluding carboxylic acids is 2. The lowest BCUT2D eigenvalue weighted by atomic mass is 10.1. The Hall–Kier alpha value is -4.24. The van der Waals surface area contributed by atoms with Gasteiger partial charge >= 0.3 is 6.61 Å². The number of aliphatic hydroxyl groups is 1. The summed E-state index contributed by atoms with van der Waals surface area (Å²) in [6.07, 6.45) is 2.13. The minimum Gasteiger partial charge on any atom is -0.493 e. The van der Waals surface area contributed by atoms with Crippen molar-refractivity contribution in [1.82, 2.24) is 10.6 Å². The van der Waals surface area contributed by atoms with E-state index in [0.717, 1.165) is 12.0 Å². The second kappa shape index (κ2) is 13.6. The van der Waals surface area contributed by atoms with Gasteiger partial charge in [0.25, 0.3) is 11.8 Å². The molecule has 0 unspecified atom stereocenters. The van der Waals surface area contributed by atoms with Crippen LogP contribution in [0.15, 0.2) is 84.6 Å². The van der Waals surface area contributed by atoms with Crippen LogP contribution >= 0.6 is 0 Å². The molecular formula is C27H26F2N2O5. The fourth-order valence-corrected chi connectivity index (χ4v) is 3.16. The molecule has 3 aromatic rings. The minimum atomic E-state index is -2.95. The van der Waals surface area contributed by atoms with Crippen LogP contribution in [-0.4, -0.2) is 43.3 Å². The van der Waals surface area contributed by atoms with Crippen LogP contribution in [0.25, 0.3) is 6.08 Å². The normalized spacial score (nSPS) is 11.2. The van der Waals surface area contributed by atoms with Crippen LogP contribution in [0.1, 0.15) is 21.5 Å². The van der Waals surface area contributed by atoms with Gasteiger partial charge < -0.3 is 25.2 Å². The second-order valence-electron chi connectivity index (χ2n) is 7.55. The number of ether oxygens (including phenoxy) is 2. The first-order chi connectivity index (χ1) is 17.4. The van der Waals surface area contributed by atoms with Gasteiger partial charge in [-0.1, -0.05) is 42.5 Å². The van der Waals surface area contributed by atoms with Crippen molar-refractivity contribution >= 4 is 17.9 Å². The van der Waals surface area contributed by atoms with Crippen LogP contribution in [0.2, 0.25) is 0 Å². The molecule has 3 N–H and O–H groups in total. The predicted octanol–water partition coefficient (Wildman–Crippen LogP) is 3.79. The lowest BCUT2D eigenvalue weighted by Gasteiger charge is -2.12. The molecule has 9 heteroatoms. The van der Waals surface area contributed by atoms with E-state index in [9.17, 15) is 18.4 Å². The monoisotopic (exact) mass is 496 g/mol. The summed E-state index contributed by atoms with van der Waals surface area (Å²) in [5.41, 5.74) is 1.84. The third-order valence-electron chi connectivity index (χ3n) is 4.93. The van der Waals surface area contributed by atoms with Crippen LogP contribution < -0.4 is 20.1 Å². The van der Waals surface area contributed by atoms with E-state index in [4.69, 9.17) is 9.84 Å². The van der Waals surface area contributed by atoms with Crippen molar-refractivity contribution in [2.24, 2.45) is 0 Å². The standard InChI is InChI=1S/C27H26F2N2O5/c28-27(29)36-23-10-6-20(7-11-23)18-24(26(34)30-15-16-32)31-25(33)21-8-12-22(13-9-21)35-17-14-19-4-2-1-3-5-19/h1-13,18,27,32H,14-17H2,(H,30,34)(H,31,33). The second-order valence-corrected chi connectivity index (χ2v) is 7.55. The molecule has 0 saturated carbocycles. The fraction of sp³-hybridized carbons (Fsp3) is 0.185. The summed E-state index contributed by atoms with van der Waals surface area (Å²) in [6.45, 7) is -2.76. The molecular weight excluding hydrogens is 470 g/mol. The lowest BCUT2D eigenvalue weighted by molar-refractivity contribution is -0.117. The smallest absolute Gasteiger partial charge is 0.387 e. The van der Waals surface area contributed by atoms with Crippen LogP contribution in [0.3, 0.4) is 0 Å². The van der Waals surface area contributed by atoms with Gasteiger partial charge in [0.15, 0.2) is 0 Å². The number of aliphatic hydroxyl groups excluding tert-OH is 1. The van der Waals surface area contributed by atoms with Crippen molar-refractivity contribution in [3.05, 3.63) is 101 Å². The fourth-order valence-electron chi connectivity index (χ4n) is 3.16. The first-order valence-corrected chi connectivity index (χ1v) is 11.2. The van der Waals surface area contributed by atoms with Crippen LogP contribution in [-0.2, 0) is 11.2 Å². The molecule has 3 rings (SSSR count). The molecule has 188 valence electrons. The summed E-state index contributed by atoms with van der Waals surface area (Å²) in [5.74, 6) is -0.589. The summed E-state index contributed by atoms with van der Waals surface area (Å²) < 4.78 is 34.8. The van der Waals surface area contributed by atoms with Gasteiger partial charge in [0.05, 0.1) is 13.2 Å². The summed E-state index contributed by atoms with van der Waals surface area (Å²) in [4.78, 5) is 25.3. The predicted molar refractivity (Wildman–Crippen MR) is 131 cm³/mol. The Kier molecular flexibility index (Phi) is 9.96. The molecule has 0 aliphatic heterocycles. The molecule has 3 aromatic carbocycles. The average molecular weight is 497 g/mol. The zero-order valence-electron chi connectivity index (χ0n) is 19.3. The Morgan fingerprint density at radius 2 is 1.58 bits per heavy atom. The first kappa shape index (κ1) is 26.4. The zero-order valence-corrected chi connectivity index (χ0v) is 19.3. The molecule has 0 atom stereocenters. The summed E-state index contributed by atoms with van der Waals surface area (Å²) in [7, 11) is 0. The van der Waals surface area contributed by atoms with Gasteiger partial charge in [0.1, 0.15) is 17.2 Å². The number of nitrogens with one attached hydrogen (secondary N) is 2. The topological polar surface area (TPSA) is 96.9 Å². The van der Waals surface area contributed by atoms with Crippen molar-refractivity contribution in [3.63, 3.8) is 0 Å². The van der Waals surface area contributed by atoms with E-state index < -0.39 is 18.4 Å². The van der Waals surface area contributed by atoms with Crippen molar-refractivity contribution in [2.75, 3.05) is 19.8 Å². The van der Waals surface area contributed by atoms with E-state index in [-0.39, 0.29) is 24.6 Å². The van der Waals surface area contributed by atoms with Crippen LogP contribution in [0.4, 0.5) is 8.78 Å². The number of halogens is 2. The maximum Gasteiger partial charge on any atom is 0.387 e. The van der Waals surface area contributed by atoms with Gasteiger partial charge in [0, 0.05) is 18.5 Å². The molecule has 0 aliphatic rings. The molecule has 0 heterocycles. The Balaban J connectivity index is 1.65. The number of carbonyl (C=O) groups is 2. The highest BCUT2D eigenvalue weighted by Gasteiger charge is 2.15. The quantitative estimate of drug-likeness (QED) is 0.332. The van der Waals surface area contributed by atoms with E-state index in [0.29, 0.717) is 23.5 Å². The average Bonchev–Trinajstić information content (AvgIpc) is 2.88. The zero-order chi connectivity index (χ0) is 25.8. The molecule has 0 fully saturated rings. The largest absolute Gasteiger partial charge is 0.493 e. The van der Waals surface area contributed by atoms with Crippen molar-refractivity contribution in [2.45, 2.75) is 13.0 Å². The van der Waals surface area contributed by atoms with E-state index in [2.05, 4.69) is 15.4 Å². The highest BCUT2D eigenvalue weighted by atomic mass is 19.3. The van der Waals surface area contributed by atoms with Crippen molar-refractivity contribution in [1.29, 1.82) is 0 Å².